The highest BCUT2D eigenvalue weighted by molar-refractivity contribution is 8.01. The Kier molecular flexibility index (Phi) is 6.34. The highest BCUT2D eigenvalue weighted by Crippen LogP contribution is 2.47. The molecule has 0 spiro atoms. The van der Waals surface area contributed by atoms with E-state index in [1.54, 1.807) is 45.6 Å². The largest absolute Gasteiger partial charge is 0.496 e. The second-order valence-electron chi connectivity index (χ2n) is 6.20. The number of thioether (sulfide) groups is 1. The Morgan fingerprint density at radius 3 is 2.29 bits per heavy atom. The van der Waals surface area contributed by atoms with Gasteiger partial charge < -0.3 is 14.2 Å². The summed E-state index contributed by atoms with van der Waals surface area (Å²) in [4.78, 5) is 0.176. The van der Waals surface area contributed by atoms with Gasteiger partial charge in [-0.1, -0.05) is 17.7 Å². The lowest BCUT2D eigenvalue weighted by atomic mass is 10.1. The van der Waals surface area contributed by atoms with Gasteiger partial charge in [0.2, 0.25) is 10.0 Å². The standard InChI is InChI=1S/C19H22ClNO5S2/c1-12-5-6-13(9-15(12)20)28(22,23)21-7-8-27-19(21)14-10-17(25-3)18(26-4)11-16(14)24-2/h5-6,9-11,19H,7-8H2,1-4H3. The van der Waals surface area contributed by atoms with Crippen LogP contribution in [0.2, 0.25) is 5.02 Å². The van der Waals surface area contributed by atoms with Crippen LogP contribution < -0.4 is 14.2 Å². The first-order valence-corrected chi connectivity index (χ1v) is 11.4. The lowest BCUT2D eigenvalue weighted by Crippen LogP contribution is -2.30. The maximum Gasteiger partial charge on any atom is 0.244 e. The molecular formula is C19H22ClNO5S2. The normalized spacial score (nSPS) is 17.5. The van der Waals surface area contributed by atoms with Gasteiger partial charge in [0.05, 0.1) is 31.6 Å². The van der Waals surface area contributed by atoms with Crippen LogP contribution in [0.3, 0.4) is 0 Å². The summed E-state index contributed by atoms with van der Waals surface area (Å²) in [6.45, 7) is 2.22. The summed E-state index contributed by atoms with van der Waals surface area (Å²) in [7, 11) is 0.891. The summed E-state index contributed by atoms with van der Waals surface area (Å²) in [6.07, 6.45) is 0. The molecule has 0 saturated carbocycles. The first-order chi connectivity index (χ1) is 13.3. The molecule has 0 N–H and O–H groups in total. The second-order valence-corrected chi connectivity index (χ2v) is 9.68. The lowest BCUT2D eigenvalue weighted by molar-refractivity contribution is 0.344. The minimum atomic E-state index is -3.74. The summed E-state index contributed by atoms with van der Waals surface area (Å²) in [5.74, 6) is 2.24. The second kappa shape index (κ2) is 8.41. The molecule has 152 valence electrons. The molecule has 3 rings (SSSR count). The number of nitrogens with zero attached hydrogens (tertiary/aromatic N) is 1. The molecule has 9 heteroatoms. The average Bonchev–Trinajstić information content (AvgIpc) is 3.19. The van der Waals surface area contributed by atoms with Crippen molar-refractivity contribution in [2.75, 3.05) is 33.6 Å². The summed E-state index contributed by atoms with van der Waals surface area (Å²) in [5.41, 5.74) is 1.54. The van der Waals surface area contributed by atoms with E-state index in [2.05, 4.69) is 0 Å². The van der Waals surface area contributed by atoms with E-state index in [9.17, 15) is 8.42 Å². The van der Waals surface area contributed by atoms with Gasteiger partial charge in [0.25, 0.3) is 0 Å². The third-order valence-corrected chi connectivity index (χ3v) is 8.24. The summed E-state index contributed by atoms with van der Waals surface area (Å²) in [5, 5.41) is -0.0204. The molecule has 1 saturated heterocycles. The molecule has 1 atom stereocenters. The molecule has 0 aliphatic carbocycles. The molecular weight excluding hydrogens is 422 g/mol. The van der Waals surface area contributed by atoms with Crippen LogP contribution in [0.25, 0.3) is 0 Å². The third kappa shape index (κ3) is 3.78. The van der Waals surface area contributed by atoms with E-state index in [1.165, 1.54) is 22.1 Å². The quantitative estimate of drug-likeness (QED) is 0.669. The topological polar surface area (TPSA) is 65.1 Å². The van der Waals surface area contributed by atoms with Crippen LogP contribution in [0.4, 0.5) is 0 Å². The Morgan fingerprint density at radius 2 is 1.68 bits per heavy atom. The summed E-state index contributed by atoms with van der Waals surface area (Å²) >= 11 is 7.69. The van der Waals surface area contributed by atoms with Gasteiger partial charge in [-0.15, -0.1) is 11.8 Å². The average molecular weight is 444 g/mol. The first-order valence-electron chi connectivity index (χ1n) is 8.53. The minimum Gasteiger partial charge on any atom is -0.496 e. The molecule has 1 heterocycles. The van der Waals surface area contributed by atoms with E-state index < -0.39 is 15.4 Å². The number of rotatable bonds is 6. The Morgan fingerprint density at radius 1 is 1.04 bits per heavy atom. The Bertz CT molecular complexity index is 981. The van der Waals surface area contributed by atoms with Crippen molar-refractivity contribution >= 4 is 33.4 Å². The molecule has 1 aliphatic heterocycles. The zero-order valence-electron chi connectivity index (χ0n) is 16.1. The Labute approximate surface area is 174 Å². The lowest BCUT2D eigenvalue weighted by Gasteiger charge is -2.26. The van der Waals surface area contributed by atoms with Gasteiger partial charge in [-0.2, -0.15) is 4.31 Å². The molecule has 0 bridgehead atoms. The van der Waals surface area contributed by atoms with Crippen molar-refractivity contribution in [1.29, 1.82) is 0 Å². The molecule has 6 nitrogen and oxygen atoms in total. The number of hydrogen-bond acceptors (Lipinski definition) is 6. The molecule has 28 heavy (non-hydrogen) atoms. The van der Waals surface area contributed by atoms with Crippen LogP contribution in [0, 0.1) is 6.92 Å². The number of benzene rings is 2. The van der Waals surface area contributed by atoms with Crippen LogP contribution in [-0.4, -0.2) is 46.4 Å². The molecule has 1 fully saturated rings. The number of methoxy groups -OCH3 is 3. The molecule has 0 amide bonds. The van der Waals surface area contributed by atoms with E-state index in [0.717, 1.165) is 5.56 Å². The minimum absolute atomic E-state index is 0.176. The third-order valence-electron chi connectivity index (χ3n) is 4.60. The van der Waals surface area contributed by atoms with Crippen molar-refractivity contribution < 1.29 is 22.6 Å². The fraction of sp³-hybridized carbons (Fsp3) is 0.368. The molecule has 2 aromatic rings. The predicted molar refractivity (Wildman–Crippen MR) is 111 cm³/mol. The van der Waals surface area contributed by atoms with Crippen LogP contribution in [0.5, 0.6) is 17.2 Å². The monoisotopic (exact) mass is 443 g/mol. The van der Waals surface area contributed by atoms with Gasteiger partial charge in [-0.25, -0.2) is 8.42 Å². The van der Waals surface area contributed by atoms with Gasteiger partial charge >= 0.3 is 0 Å². The maximum absolute atomic E-state index is 13.3. The fourth-order valence-electron chi connectivity index (χ4n) is 3.06. The van der Waals surface area contributed by atoms with Gasteiger partial charge in [0.1, 0.15) is 5.75 Å². The summed E-state index contributed by atoms with van der Waals surface area (Å²) in [6, 6.07) is 8.27. The van der Waals surface area contributed by atoms with E-state index in [0.29, 0.717) is 40.1 Å². The Hall–Kier alpha value is -1.61. The maximum atomic E-state index is 13.3. The number of ether oxygens (including phenoxy) is 3. The van der Waals surface area contributed by atoms with Crippen molar-refractivity contribution in [3.63, 3.8) is 0 Å². The molecule has 1 aliphatic rings. The van der Waals surface area contributed by atoms with Crippen LogP contribution >= 0.6 is 23.4 Å². The van der Waals surface area contributed by atoms with Crippen LogP contribution in [0.1, 0.15) is 16.5 Å². The molecule has 1 unspecified atom stereocenters. The number of halogens is 1. The predicted octanol–water partition coefficient (Wildman–Crippen LogP) is 4.11. The highest BCUT2D eigenvalue weighted by Gasteiger charge is 2.39. The zero-order chi connectivity index (χ0) is 20.5. The number of sulfonamides is 1. The van der Waals surface area contributed by atoms with Crippen LogP contribution in [0.15, 0.2) is 35.2 Å². The van der Waals surface area contributed by atoms with Gasteiger partial charge in [-0.3, -0.25) is 0 Å². The van der Waals surface area contributed by atoms with E-state index >= 15 is 0 Å². The Balaban J connectivity index is 2.06. The van der Waals surface area contributed by atoms with Gasteiger partial charge in [0.15, 0.2) is 11.5 Å². The van der Waals surface area contributed by atoms with Gasteiger partial charge in [0, 0.05) is 29.0 Å². The van der Waals surface area contributed by atoms with Gasteiger partial charge in [-0.05, 0) is 30.7 Å². The molecule has 0 radical (unpaired) electrons. The van der Waals surface area contributed by atoms with Crippen molar-refractivity contribution in [2.24, 2.45) is 0 Å². The number of aryl methyl sites for hydroxylation is 1. The first kappa shape index (κ1) is 21.1. The van der Waals surface area contributed by atoms with Crippen molar-refractivity contribution in [1.82, 2.24) is 4.31 Å². The highest BCUT2D eigenvalue weighted by atomic mass is 35.5. The van der Waals surface area contributed by atoms with E-state index in [4.69, 9.17) is 25.8 Å². The van der Waals surface area contributed by atoms with Crippen molar-refractivity contribution in [3.8, 4) is 17.2 Å². The smallest absolute Gasteiger partial charge is 0.244 e. The van der Waals surface area contributed by atoms with Crippen molar-refractivity contribution in [3.05, 3.63) is 46.5 Å². The van der Waals surface area contributed by atoms with E-state index in [-0.39, 0.29) is 4.90 Å². The number of hydrogen-bond donors (Lipinski definition) is 0. The fourth-order valence-corrected chi connectivity index (χ4v) is 6.58. The molecule has 2 aromatic carbocycles. The van der Waals surface area contributed by atoms with E-state index in [1.807, 2.05) is 6.92 Å². The molecule has 0 aromatic heterocycles. The summed E-state index contributed by atoms with van der Waals surface area (Å²) < 4.78 is 44.3. The van der Waals surface area contributed by atoms with Crippen LogP contribution in [-0.2, 0) is 10.0 Å². The van der Waals surface area contributed by atoms with Crippen molar-refractivity contribution in [2.45, 2.75) is 17.2 Å². The zero-order valence-corrected chi connectivity index (χ0v) is 18.5. The SMILES string of the molecule is COc1cc(OC)c(C2SCCN2S(=O)(=O)c2ccc(C)c(Cl)c2)cc1OC.